The predicted octanol–water partition coefficient (Wildman–Crippen LogP) is 0.601. The Labute approximate surface area is 618 Å². The smallest absolute Gasteiger partial charge is 0.329 e. The minimum atomic E-state index is -2.16. The Balaban J connectivity index is 1.01. The molecule has 0 radical (unpaired) electrons. The molecule has 0 spiro atoms. The van der Waals surface area contributed by atoms with Crippen LogP contribution in [0.25, 0.3) is 11.1 Å². The minimum absolute atomic E-state index is 0.0215. The molecule has 106 heavy (non-hydrogen) atoms. The lowest BCUT2D eigenvalue weighted by molar-refractivity contribution is -0.169. The van der Waals surface area contributed by atoms with Crippen molar-refractivity contribution in [2.75, 3.05) is 18.4 Å². The Kier molecular flexibility index (Phi) is 23.9. The molecule has 6 fully saturated rings. The molecule has 582 valence electrons. The zero-order chi connectivity index (χ0) is 77.9. The number of hydrogen-bond donors (Lipinski definition) is 13. The van der Waals surface area contributed by atoms with Crippen molar-refractivity contribution in [3.8, 4) is 11.1 Å². The summed E-state index contributed by atoms with van der Waals surface area (Å²) in [6.45, 7) is 25.1. The Morgan fingerprint density at radius 2 is 1.07 bits per heavy atom. The second-order valence-electron chi connectivity index (χ2n) is 33.2. The molecule has 2 aromatic rings. The molecule has 7 aliphatic heterocycles. The average molecular weight is 1480 g/mol. The van der Waals surface area contributed by atoms with Crippen molar-refractivity contribution in [3.05, 3.63) is 53.1 Å². The standard InChI is InChI=1S/C76H110N12O18/c1-33(2)22-50-56(92)29-46(40(14)89)69(99)86-54(66(96)81-58(35(5)6)68(98)82-59(36(7)8)71(101)88-53(65(95)78-50)28-45(91)32-77-88)30-75(104)47-25-42(16-17-44(47)27-57(75)86)43-18-19-49-48(26-43)76(105)31-55-67(97)83-60(37(9)10)73(103)106-62(38(11)12)72(102)85-21-20-39(13)24-52(85)64(94)79-51(23-34(3)4)63(93)84-61(41(15)90)70(100)87(55)74(76)80-49/h16-19,25-26,33-41,45-46,50-55,57-62,74,77,80,89-91,104-105H,20-24,27-32H2,1-15H3,(H,78,95)(H,79,94)(H,81,96)(H,82,98)(H,83,97)(H,84,93)/t39-,40-,41-,45+,46+,50-,51-,52+,53+,54-,55-,57+,58+,59-,60+,61+,62-,74-,75+,76+/m0/s1. The summed E-state index contributed by atoms with van der Waals surface area (Å²) in [5.41, 5.74) is 0.823. The Morgan fingerprint density at radius 1 is 0.519 bits per heavy atom. The number of ether oxygens (including phenoxy) is 1. The predicted molar refractivity (Wildman–Crippen MR) is 384 cm³/mol. The van der Waals surface area contributed by atoms with Crippen molar-refractivity contribution < 1.29 is 87.8 Å². The van der Waals surface area contributed by atoms with Crippen LogP contribution in [0.5, 0.6) is 0 Å². The number of nitrogens with one attached hydrogen (secondary N) is 8. The zero-order valence-electron chi connectivity index (χ0n) is 63.4. The molecule has 0 saturated carbocycles. The summed E-state index contributed by atoms with van der Waals surface area (Å²) in [6.07, 6.45) is -8.26. The second-order valence-corrected chi connectivity index (χ2v) is 33.2. The molecule has 2 aromatic carbocycles. The monoisotopic (exact) mass is 1480 g/mol. The molecule has 7 heterocycles. The van der Waals surface area contributed by atoms with E-state index in [1.165, 1.54) is 23.6 Å². The van der Waals surface area contributed by atoms with E-state index in [1.807, 2.05) is 34.6 Å². The molecular weight excluding hydrogens is 1370 g/mol. The number of aliphatic hydroxyl groups excluding tert-OH is 3. The van der Waals surface area contributed by atoms with Crippen molar-refractivity contribution in [1.82, 2.24) is 57.0 Å². The number of Topliss-reactive ketones (excluding diaryl/α,β-unsaturated/α-hetero) is 1. The van der Waals surface area contributed by atoms with Gasteiger partial charge < -0.3 is 82.2 Å². The van der Waals surface area contributed by atoms with Gasteiger partial charge in [0.1, 0.15) is 71.7 Å². The van der Waals surface area contributed by atoms with Crippen molar-refractivity contribution >= 4 is 76.5 Å². The van der Waals surface area contributed by atoms with E-state index in [2.05, 4.69) is 42.6 Å². The van der Waals surface area contributed by atoms with E-state index < -0.39 is 228 Å². The van der Waals surface area contributed by atoms with Gasteiger partial charge in [0.15, 0.2) is 11.9 Å². The van der Waals surface area contributed by atoms with Crippen molar-refractivity contribution in [2.45, 2.75) is 270 Å². The number of aliphatic hydroxyl groups is 5. The van der Waals surface area contributed by atoms with Crippen LogP contribution in [0.2, 0.25) is 0 Å². The molecule has 30 heteroatoms. The number of hydrazine groups is 1. The van der Waals surface area contributed by atoms with Crippen molar-refractivity contribution in [3.63, 3.8) is 0 Å². The maximum Gasteiger partial charge on any atom is 0.329 e. The third-order valence-electron chi connectivity index (χ3n) is 22.7. The summed E-state index contributed by atoms with van der Waals surface area (Å²) in [6, 6.07) is -5.24. The number of piperidine rings is 1. The van der Waals surface area contributed by atoms with Crippen LogP contribution < -0.4 is 42.6 Å². The highest BCUT2D eigenvalue weighted by molar-refractivity contribution is 6.01. The van der Waals surface area contributed by atoms with Gasteiger partial charge in [0.2, 0.25) is 47.3 Å². The Bertz CT molecular complexity index is 3530. The number of carbonyl (C=O) groups is 12. The third kappa shape index (κ3) is 15.8. The van der Waals surface area contributed by atoms with E-state index in [9.17, 15) is 63.9 Å². The Hall–Kier alpha value is -8.16. The quantitative estimate of drug-likeness (QED) is 0.137. The van der Waals surface area contributed by atoms with Gasteiger partial charge >= 0.3 is 5.97 Å². The van der Waals surface area contributed by atoms with Crippen LogP contribution in [0, 0.1) is 47.3 Å². The number of amides is 10. The number of β-amino-alcohol motifs (C(OH)–C–C–N with tert-alkyl or cyclic N) is 1. The molecule has 0 bridgehead atoms. The first-order valence-corrected chi connectivity index (χ1v) is 37.8. The highest BCUT2D eigenvalue weighted by atomic mass is 16.6. The van der Waals surface area contributed by atoms with E-state index in [0.29, 0.717) is 28.8 Å². The van der Waals surface area contributed by atoms with Crippen LogP contribution in [-0.2, 0) is 79.9 Å². The molecule has 0 aromatic heterocycles. The molecule has 0 unspecified atom stereocenters. The number of rotatable bonds is 11. The van der Waals surface area contributed by atoms with Gasteiger partial charge in [-0.15, -0.1) is 0 Å². The highest BCUT2D eigenvalue weighted by Gasteiger charge is 2.64. The number of anilines is 1. The zero-order valence-corrected chi connectivity index (χ0v) is 63.4. The van der Waals surface area contributed by atoms with Crippen molar-refractivity contribution in [1.29, 1.82) is 0 Å². The van der Waals surface area contributed by atoms with Gasteiger partial charge in [-0.25, -0.2) is 10.2 Å². The second kappa shape index (κ2) is 31.6. The molecule has 13 N–H and O–H groups in total. The first kappa shape index (κ1) is 80.4. The van der Waals surface area contributed by atoms with Crippen LogP contribution in [0.1, 0.15) is 172 Å². The molecular formula is C76H110N12O18. The summed E-state index contributed by atoms with van der Waals surface area (Å²) >= 11 is 0. The lowest BCUT2D eigenvalue weighted by atomic mass is 9.86. The lowest BCUT2D eigenvalue weighted by Crippen LogP contribution is -2.67. The number of carbonyl (C=O) groups excluding carboxylic acids is 12. The maximum atomic E-state index is 15.7. The fourth-order valence-electron chi connectivity index (χ4n) is 16.8. The van der Waals surface area contributed by atoms with Gasteiger partial charge in [0.05, 0.1) is 36.3 Å². The number of benzene rings is 2. The summed E-state index contributed by atoms with van der Waals surface area (Å²) in [5.74, 6) is -14.3. The number of hydrogen-bond acceptors (Lipinski definition) is 20. The van der Waals surface area contributed by atoms with E-state index in [-0.39, 0.29) is 74.1 Å². The summed E-state index contributed by atoms with van der Waals surface area (Å²) < 4.78 is 6.06. The third-order valence-corrected chi connectivity index (χ3v) is 22.7. The van der Waals surface area contributed by atoms with Gasteiger partial charge in [-0.2, -0.15) is 0 Å². The number of nitrogens with zero attached hydrogens (tertiary/aromatic N) is 4. The number of cyclic esters (lactones) is 1. The van der Waals surface area contributed by atoms with Crippen LogP contribution in [0.15, 0.2) is 36.4 Å². The van der Waals surface area contributed by atoms with Gasteiger partial charge in [-0.1, -0.05) is 108 Å². The van der Waals surface area contributed by atoms with Crippen LogP contribution in [0.4, 0.5) is 5.69 Å². The van der Waals surface area contributed by atoms with E-state index in [4.69, 9.17) is 4.74 Å². The van der Waals surface area contributed by atoms with Crippen LogP contribution >= 0.6 is 0 Å². The fourth-order valence-corrected chi connectivity index (χ4v) is 16.8. The summed E-state index contributed by atoms with van der Waals surface area (Å²) in [4.78, 5) is 182. The lowest BCUT2D eigenvalue weighted by Gasteiger charge is -2.40. The molecule has 20 atom stereocenters. The molecule has 30 nitrogen and oxygen atoms in total. The summed E-state index contributed by atoms with van der Waals surface area (Å²) in [5, 5.41) is 81.8. The SMILES string of the molecule is CC(C)C[C@@H]1NC(=O)[C@H]2C[C@@H](O)CNN2C(=O)[C@H](C(C)C)NC(=O)[C@@H](C(C)C)NC(=O)[C@@H]2C[C@@]3(O)c4cc(-c5ccc6c(c5)[C@]5(O)C[C@H]7C(=O)N[C@H](C(C)C)C(=O)O[C@@H](C(C)C)C(=O)N8CC[C@H](C)C[C@@H]8C(=O)N[C@@H](CC(C)C)C(=O)N[C@H]([C@H](C)O)C(=O)N7[C@@H]5N6)ccc4C[C@H]3N2C(=O)[C@@H]([C@H](C)O)CC1=O. The fraction of sp³-hybridized carbons (Fsp3) is 0.684. The van der Waals surface area contributed by atoms with Gasteiger partial charge in [-0.05, 0) is 128 Å². The molecule has 1 aliphatic carbocycles. The number of fused-ring (bicyclic) bond motifs is 12. The van der Waals surface area contributed by atoms with E-state index in [1.54, 1.807) is 91.8 Å². The minimum Gasteiger partial charge on any atom is -0.450 e. The van der Waals surface area contributed by atoms with Crippen LogP contribution in [0.3, 0.4) is 0 Å². The van der Waals surface area contributed by atoms with E-state index >= 15 is 19.2 Å². The first-order chi connectivity index (χ1) is 49.7. The summed E-state index contributed by atoms with van der Waals surface area (Å²) in [7, 11) is 0. The molecule has 10 amide bonds. The maximum absolute atomic E-state index is 15.7. The normalized spacial score (nSPS) is 33.9. The molecule has 8 aliphatic rings. The first-order valence-electron chi connectivity index (χ1n) is 37.8. The van der Waals surface area contributed by atoms with Gasteiger partial charge in [0, 0.05) is 50.0 Å². The van der Waals surface area contributed by atoms with E-state index in [0.717, 1.165) is 9.91 Å². The molecule has 6 saturated heterocycles. The molecule has 10 rings (SSSR count). The largest absolute Gasteiger partial charge is 0.450 e. The topological polar surface area (TPSA) is 424 Å². The van der Waals surface area contributed by atoms with Gasteiger partial charge in [0.25, 0.3) is 11.8 Å². The van der Waals surface area contributed by atoms with Gasteiger partial charge in [-0.3, -0.25) is 57.7 Å². The number of esters is 1. The average Bonchev–Trinajstić information content (AvgIpc) is 1.55. The number of ketones is 1. The van der Waals surface area contributed by atoms with Crippen LogP contribution in [-0.4, -0.2) is 226 Å². The van der Waals surface area contributed by atoms with Crippen molar-refractivity contribution in [2.24, 2.45) is 47.3 Å². The Morgan fingerprint density at radius 3 is 1.67 bits per heavy atom. The highest BCUT2D eigenvalue weighted by Crippen LogP contribution is 2.53.